The second kappa shape index (κ2) is 11.7. The molecular weight excluding hydrogens is 435 g/mol. The van der Waals surface area contributed by atoms with E-state index in [9.17, 15) is 22.4 Å². The lowest BCUT2D eigenvalue weighted by molar-refractivity contribution is -0.153. The maximum absolute atomic E-state index is 13.0. The molecule has 0 aliphatic heterocycles. The van der Waals surface area contributed by atoms with Crippen LogP contribution in [0.15, 0.2) is 59.5 Å². The van der Waals surface area contributed by atoms with Crippen LogP contribution in [0.25, 0.3) is 0 Å². The topological polar surface area (TPSA) is 84.0 Å². The number of amides is 1. The van der Waals surface area contributed by atoms with E-state index < -0.39 is 21.8 Å². The van der Waals surface area contributed by atoms with Crippen LogP contribution in [0.3, 0.4) is 0 Å². The van der Waals surface area contributed by atoms with Crippen LogP contribution in [-0.4, -0.2) is 55.7 Å². The van der Waals surface area contributed by atoms with Gasteiger partial charge in [-0.1, -0.05) is 30.3 Å². The van der Waals surface area contributed by atoms with Gasteiger partial charge in [0, 0.05) is 32.6 Å². The van der Waals surface area contributed by atoms with Gasteiger partial charge in [0.1, 0.15) is 5.82 Å². The molecule has 2 aromatic carbocycles. The molecule has 0 bridgehead atoms. The first-order chi connectivity index (χ1) is 15.1. The van der Waals surface area contributed by atoms with E-state index in [0.717, 1.165) is 22.0 Å². The number of ether oxygens (including phenoxy) is 1. The largest absolute Gasteiger partial charge is 0.456 e. The molecule has 0 atom stereocenters. The van der Waals surface area contributed by atoms with E-state index in [-0.39, 0.29) is 42.8 Å². The van der Waals surface area contributed by atoms with Gasteiger partial charge in [-0.15, -0.1) is 0 Å². The second-order valence-electron chi connectivity index (χ2n) is 7.65. The van der Waals surface area contributed by atoms with Crippen LogP contribution in [0.1, 0.15) is 32.3 Å². The van der Waals surface area contributed by atoms with Crippen molar-refractivity contribution in [3.8, 4) is 0 Å². The van der Waals surface area contributed by atoms with Gasteiger partial charge >= 0.3 is 5.97 Å². The average molecular weight is 465 g/mol. The zero-order valence-electron chi connectivity index (χ0n) is 18.5. The Morgan fingerprint density at radius 2 is 1.66 bits per heavy atom. The Morgan fingerprint density at radius 1 is 1.03 bits per heavy atom. The molecule has 0 saturated carbocycles. The highest BCUT2D eigenvalue weighted by Gasteiger charge is 2.22. The lowest BCUT2D eigenvalue weighted by atomic mass is 10.2. The van der Waals surface area contributed by atoms with E-state index >= 15 is 0 Å². The number of esters is 1. The molecular formula is C23H29FN2O5S. The summed E-state index contributed by atoms with van der Waals surface area (Å²) in [5.41, 5.74) is 0.978. The minimum atomic E-state index is -3.78. The fourth-order valence-electron chi connectivity index (χ4n) is 2.99. The van der Waals surface area contributed by atoms with Crippen LogP contribution in [0.4, 0.5) is 4.39 Å². The first-order valence-corrected chi connectivity index (χ1v) is 11.8. The van der Waals surface area contributed by atoms with Crippen molar-refractivity contribution in [1.82, 2.24) is 9.21 Å². The van der Waals surface area contributed by atoms with Crippen LogP contribution >= 0.6 is 0 Å². The summed E-state index contributed by atoms with van der Waals surface area (Å²) in [5, 5.41) is 0. The molecule has 2 rings (SSSR count). The summed E-state index contributed by atoms with van der Waals surface area (Å²) in [6.45, 7) is 3.91. The van der Waals surface area contributed by atoms with Gasteiger partial charge in [-0.05, 0) is 50.1 Å². The SMILES string of the molecule is CC(C)N(Cc1ccccc1)C(=O)COC(=O)CCCN(C)S(=O)(=O)c1ccc(F)cc1. The van der Waals surface area contributed by atoms with Crippen molar-refractivity contribution in [2.75, 3.05) is 20.2 Å². The summed E-state index contributed by atoms with van der Waals surface area (Å²) in [6, 6.07) is 14.0. The minimum Gasteiger partial charge on any atom is -0.456 e. The first kappa shape index (κ1) is 25.5. The smallest absolute Gasteiger partial charge is 0.306 e. The van der Waals surface area contributed by atoms with Gasteiger partial charge in [-0.3, -0.25) is 9.59 Å². The van der Waals surface area contributed by atoms with Gasteiger partial charge in [0.25, 0.3) is 5.91 Å². The maximum atomic E-state index is 13.0. The Morgan fingerprint density at radius 3 is 2.25 bits per heavy atom. The molecule has 174 valence electrons. The summed E-state index contributed by atoms with van der Waals surface area (Å²) in [5.74, 6) is -1.40. The summed E-state index contributed by atoms with van der Waals surface area (Å²) >= 11 is 0. The molecule has 0 aliphatic rings. The van der Waals surface area contributed by atoms with Crippen LogP contribution in [0.2, 0.25) is 0 Å². The summed E-state index contributed by atoms with van der Waals surface area (Å²) < 4.78 is 44.1. The third-order valence-electron chi connectivity index (χ3n) is 4.87. The lowest BCUT2D eigenvalue weighted by Gasteiger charge is -2.26. The van der Waals surface area contributed by atoms with Crippen molar-refractivity contribution in [2.24, 2.45) is 0 Å². The van der Waals surface area contributed by atoms with Crippen molar-refractivity contribution in [3.63, 3.8) is 0 Å². The predicted molar refractivity (Wildman–Crippen MR) is 119 cm³/mol. The minimum absolute atomic E-state index is 0.0261. The third-order valence-corrected chi connectivity index (χ3v) is 6.74. The zero-order valence-corrected chi connectivity index (χ0v) is 19.3. The molecule has 7 nitrogen and oxygen atoms in total. The Bertz CT molecular complexity index is 995. The molecule has 0 fully saturated rings. The van der Waals surface area contributed by atoms with E-state index in [0.29, 0.717) is 6.54 Å². The predicted octanol–water partition coefficient (Wildman–Crippen LogP) is 3.21. The van der Waals surface area contributed by atoms with Crippen molar-refractivity contribution in [2.45, 2.75) is 44.2 Å². The van der Waals surface area contributed by atoms with Crippen molar-refractivity contribution in [3.05, 3.63) is 66.0 Å². The van der Waals surface area contributed by atoms with Crippen molar-refractivity contribution >= 4 is 21.9 Å². The van der Waals surface area contributed by atoms with Crippen molar-refractivity contribution in [1.29, 1.82) is 0 Å². The number of halogens is 1. The highest BCUT2D eigenvalue weighted by Crippen LogP contribution is 2.15. The van der Waals surface area contributed by atoms with Gasteiger partial charge < -0.3 is 9.64 Å². The molecule has 1 amide bonds. The molecule has 0 aromatic heterocycles. The monoisotopic (exact) mass is 464 g/mol. The molecule has 0 heterocycles. The number of hydrogen-bond acceptors (Lipinski definition) is 5. The van der Waals surface area contributed by atoms with Crippen LogP contribution in [-0.2, 0) is 30.9 Å². The maximum Gasteiger partial charge on any atom is 0.306 e. The molecule has 32 heavy (non-hydrogen) atoms. The molecule has 0 N–H and O–H groups in total. The number of sulfonamides is 1. The highest BCUT2D eigenvalue weighted by molar-refractivity contribution is 7.89. The molecule has 0 unspecified atom stereocenters. The average Bonchev–Trinajstić information content (AvgIpc) is 2.76. The normalized spacial score (nSPS) is 11.6. The van der Waals surface area contributed by atoms with E-state index in [1.54, 1.807) is 4.90 Å². The van der Waals surface area contributed by atoms with Crippen LogP contribution in [0, 0.1) is 5.82 Å². The van der Waals surface area contributed by atoms with E-state index in [1.165, 1.54) is 19.2 Å². The Hall–Kier alpha value is -2.78. The number of rotatable bonds is 11. The molecule has 0 spiro atoms. The van der Waals surface area contributed by atoms with E-state index in [2.05, 4.69) is 0 Å². The molecule has 9 heteroatoms. The van der Waals surface area contributed by atoms with Crippen LogP contribution in [0.5, 0.6) is 0 Å². The van der Waals surface area contributed by atoms with Gasteiger partial charge in [0.15, 0.2) is 6.61 Å². The van der Waals surface area contributed by atoms with Gasteiger partial charge in [0.05, 0.1) is 4.90 Å². The fraction of sp³-hybridized carbons (Fsp3) is 0.391. The Labute approximate surface area is 188 Å². The first-order valence-electron chi connectivity index (χ1n) is 10.3. The lowest BCUT2D eigenvalue weighted by Crippen LogP contribution is -2.39. The second-order valence-corrected chi connectivity index (χ2v) is 9.69. The van der Waals surface area contributed by atoms with Gasteiger partial charge in [-0.25, -0.2) is 17.1 Å². The van der Waals surface area contributed by atoms with E-state index in [4.69, 9.17) is 4.74 Å². The summed E-state index contributed by atoms with van der Waals surface area (Å²) in [4.78, 5) is 26.2. The number of benzene rings is 2. The molecule has 2 aromatic rings. The standard InChI is InChI=1S/C23H29FN2O5S/c1-18(2)26(16-19-8-5-4-6-9-19)22(27)17-31-23(28)10-7-15-25(3)32(29,30)21-13-11-20(24)12-14-21/h4-6,8-9,11-14,18H,7,10,15-17H2,1-3H3. The Kier molecular flexibility index (Phi) is 9.34. The van der Waals surface area contributed by atoms with Gasteiger partial charge in [0.2, 0.25) is 10.0 Å². The molecule has 0 radical (unpaired) electrons. The van der Waals surface area contributed by atoms with E-state index in [1.807, 2.05) is 44.2 Å². The number of carbonyl (C=O) groups excluding carboxylic acids is 2. The third kappa shape index (κ3) is 7.42. The number of carbonyl (C=O) groups is 2. The zero-order chi connectivity index (χ0) is 23.7. The van der Waals surface area contributed by atoms with Crippen LogP contribution < -0.4 is 0 Å². The number of nitrogens with zero attached hydrogens (tertiary/aromatic N) is 2. The number of hydrogen-bond donors (Lipinski definition) is 0. The summed E-state index contributed by atoms with van der Waals surface area (Å²) in [6.07, 6.45) is 0.193. The van der Waals surface area contributed by atoms with Gasteiger partial charge in [-0.2, -0.15) is 0 Å². The Balaban J connectivity index is 1.79. The van der Waals surface area contributed by atoms with Crippen molar-refractivity contribution < 1.29 is 27.1 Å². The molecule has 0 aliphatic carbocycles. The highest BCUT2D eigenvalue weighted by atomic mass is 32.2. The fourth-order valence-corrected chi connectivity index (χ4v) is 4.20. The molecule has 0 saturated heterocycles. The summed E-state index contributed by atoms with van der Waals surface area (Å²) in [7, 11) is -2.39. The quantitative estimate of drug-likeness (QED) is 0.477.